The molecule has 3 nitrogen and oxygen atoms in total. The molecular weight excluding hydrogens is 234 g/mol. The number of benzene rings is 2. The van der Waals surface area contributed by atoms with Crippen molar-refractivity contribution in [3.63, 3.8) is 0 Å². The number of aromatic nitrogens is 1. The van der Waals surface area contributed by atoms with E-state index in [1.54, 1.807) is 6.20 Å². The highest BCUT2D eigenvalue weighted by Gasteiger charge is 2.04. The third-order valence-corrected chi connectivity index (χ3v) is 3.16. The number of anilines is 3. The largest absolute Gasteiger partial charge is 0.396 e. The molecule has 0 aliphatic carbocycles. The Labute approximate surface area is 112 Å². The molecule has 0 saturated carbocycles. The van der Waals surface area contributed by atoms with Gasteiger partial charge in [-0.25, -0.2) is 0 Å². The molecule has 0 amide bonds. The van der Waals surface area contributed by atoms with Crippen molar-refractivity contribution in [2.75, 3.05) is 11.1 Å². The summed E-state index contributed by atoms with van der Waals surface area (Å²) >= 11 is 0. The third kappa shape index (κ3) is 2.22. The van der Waals surface area contributed by atoms with E-state index >= 15 is 0 Å². The number of hydrogen-bond acceptors (Lipinski definition) is 3. The first-order chi connectivity index (χ1) is 9.24. The number of rotatable bonds is 2. The zero-order valence-electron chi connectivity index (χ0n) is 10.7. The fourth-order valence-corrected chi connectivity index (χ4v) is 2.08. The van der Waals surface area contributed by atoms with Crippen LogP contribution in [0.3, 0.4) is 0 Å². The van der Waals surface area contributed by atoms with E-state index in [2.05, 4.69) is 29.4 Å². The van der Waals surface area contributed by atoms with Crippen LogP contribution in [0.4, 0.5) is 17.1 Å². The number of fused-ring (bicyclic) bond motifs is 1. The molecule has 3 aromatic rings. The normalized spacial score (nSPS) is 10.6. The van der Waals surface area contributed by atoms with Gasteiger partial charge in [0, 0.05) is 17.3 Å². The smallest absolute Gasteiger partial charge is 0.0724 e. The van der Waals surface area contributed by atoms with Gasteiger partial charge in [-0.3, -0.25) is 4.98 Å². The summed E-state index contributed by atoms with van der Waals surface area (Å²) in [7, 11) is 0. The van der Waals surface area contributed by atoms with Gasteiger partial charge in [-0.05, 0) is 43.3 Å². The molecule has 94 valence electrons. The van der Waals surface area contributed by atoms with Crippen LogP contribution < -0.4 is 11.1 Å². The van der Waals surface area contributed by atoms with Crippen LogP contribution in [-0.2, 0) is 0 Å². The molecule has 0 bridgehead atoms. The Morgan fingerprint density at radius 2 is 1.79 bits per heavy atom. The predicted molar refractivity (Wildman–Crippen MR) is 80.6 cm³/mol. The molecule has 0 aliphatic heterocycles. The second-order valence-corrected chi connectivity index (χ2v) is 4.59. The maximum Gasteiger partial charge on any atom is 0.0724 e. The summed E-state index contributed by atoms with van der Waals surface area (Å²) in [6, 6.07) is 16.0. The van der Waals surface area contributed by atoms with Gasteiger partial charge in [0.05, 0.1) is 16.9 Å². The molecule has 0 fully saturated rings. The van der Waals surface area contributed by atoms with E-state index < -0.39 is 0 Å². The number of nitrogens with zero attached hydrogens (tertiary/aromatic N) is 1. The van der Waals surface area contributed by atoms with Crippen LogP contribution in [0.15, 0.2) is 54.7 Å². The number of nitrogens with one attached hydrogen (secondary N) is 1. The van der Waals surface area contributed by atoms with Crippen molar-refractivity contribution < 1.29 is 0 Å². The van der Waals surface area contributed by atoms with E-state index in [4.69, 9.17) is 5.73 Å². The average molecular weight is 249 g/mol. The van der Waals surface area contributed by atoms with Crippen LogP contribution in [0.1, 0.15) is 5.56 Å². The highest BCUT2D eigenvalue weighted by atomic mass is 14.9. The predicted octanol–water partition coefficient (Wildman–Crippen LogP) is 3.87. The van der Waals surface area contributed by atoms with Crippen molar-refractivity contribution >= 4 is 28.0 Å². The highest BCUT2D eigenvalue weighted by Crippen LogP contribution is 2.29. The molecule has 0 spiro atoms. The first-order valence-electron chi connectivity index (χ1n) is 6.21. The molecular formula is C16H15N3. The van der Waals surface area contributed by atoms with E-state index in [0.29, 0.717) is 0 Å². The Hall–Kier alpha value is -2.55. The van der Waals surface area contributed by atoms with E-state index in [1.807, 2.05) is 36.4 Å². The second-order valence-electron chi connectivity index (χ2n) is 4.59. The van der Waals surface area contributed by atoms with Gasteiger partial charge in [0.2, 0.25) is 0 Å². The molecule has 0 radical (unpaired) electrons. The Kier molecular flexibility index (Phi) is 2.80. The number of nitrogens with two attached hydrogens (primary N) is 1. The summed E-state index contributed by atoms with van der Waals surface area (Å²) in [5, 5.41) is 4.31. The summed E-state index contributed by atoms with van der Waals surface area (Å²) in [4.78, 5) is 4.29. The highest BCUT2D eigenvalue weighted by molar-refractivity contribution is 5.97. The minimum Gasteiger partial charge on any atom is -0.396 e. The summed E-state index contributed by atoms with van der Waals surface area (Å²) in [5.41, 5.74) is 11.0. The fourth-order valence-electron chi connectivity index (χ4n) is 2.08. The molecule has 0 atom stereocenters. The molecule has 1 aromatic heterocycles. The number of aryl methyl sites for hydroxylation is 1. The molecule has 1 heterocycles. The van der Waals surface area contributed by atoms with Crippen LogP contribution in [0, 0.1) is 6.92 Å². The summed E-state index contributed by atoms with van der Waals surface area (Å²) in [5.74, 6) is 0. The van der Waals surface area contributed by atoms with Gasteiger partial charge in [-0.1, -0.05) is 17.7 Å². The van der Waals surface area contributed by atoms with E-state index in [0.717, 1.165) is 28.0 Å². The summed E-state index contributed by atoms with van der Waals surface area (Å²) < 4.78 is 0. The lowest BCUT2D eigenvalue weighted by molar-refractivity contribution is 1.41. The maximum absolute atomic E-state index is 6.19. The standard InChI is InChI=1S/C16H15N3/c1-11-4-6-12(7-5-11)19-15-9-8-14-13(16(15)17)3-2-10-18-14/h2-10,19H,17H2,1H3. The van der Waals surface area contributed by atoms with Crippen LogP contribution >= 0.6 is 0 Å². The van der Waals surface area contributed by atoms with Crippen molar-refractivity contribution in [2.24, 2.45) is 0 Å². The third-order valence-electron chi connectivity index (χ3n) is 3.16. The van der Waals surface area contributed by atoms with Crippen LogP contribution in [0.2, 0.25) is 0 Å². The van der Waals surface area contributed by atoms with Crippen LogP contribution in [0.25, 0.3) is 10.9 Å². The first kappa shape index (κ1) is 11.5. The quantitative estimate of drug-likeness (QED) is 0.678. The Bertz CT molecular complexity index is 718. The summed E-state index contributed by atoms with van der Waals surface area (Å²) in [6.45, 7) is 2.07. The van der Waals surface area contributed by atoms with Crippen LogP contribution in [-0.4, -0.2) is 4.98 Å². The van der Waals surface area contributed by atoms with Gasteiger partial charge in [-0.2, -0.15) is 0 Å². The SMILES string of the molecule is Cc1ccc(Nc2ccc3ncccc3c2N)cc1. The number of pyridine rings is 1. The molecule has 0 saturated heterocycles. The van der Waals surface area contributed by atoms with E-state index in [-0.39, 0.29) is 0 Å². The van der Waals surface area contributed by atoms with Crippen LogP contribution in [0.5, 0.6) is 0 Å². The topological polar surface area (TPSA) is 50.9 Å². The van der Waals surface area contributed by atoms with Crippen molar-refractivity contribution in [1.29, 1.82) is 0 Å². The molecule has 2 aromatic carbocycles. The second kappa shape index (κ2) is 4.61. The maximum atomic E-state index is 6.19. The molecule has 0 unspecified atom stereocenters. The van der Waals surface area contributed by atoms with Gasteiger partial charge in [0.15, 0.2) is 0 Å². The molecule has 3 heteroatoms. The molecule has 19 heavy (non-hydrogen) atoms. The first-order valence-corrected chi connectivity index (χ1v) is 6.21. The van der Waals surface area contributed by atoms with Gasteiger partial charge in [0.25, 0.3) is 0 Å². The van der Waals surface area contributed by atoms with Gasteiger partial charge >= 0.3 is 0 Å². The van der Waals surface area contributed by atoms with Crippen molar-refractivity contribution in [3.05, 3.63) is 60.3 Å². The zero-order chi connectivity index (χ0) is 13.2. The monoisotopic (exact) mass is 249 g/mol. The van der Waals surface area contributed by atoms with Crippen molar-refractivity contribution in [2.45, 2.75) is 6.92 Å². The number of hydrogen-bond donors (Lipinski definition) is 2. The lowest BCUT2D eigenvalue weighted by atomic mass is 10.1. The van der Waals surface area contributed by atoms with Gasteiger partial charge < -0.3 is 11.1 Å². The van der Waals surface area contributed by atoms with Crippen molar-refractivity contribution in [1.82, 2.24) is 4.98 Å². The lowest BCUT2D eigenvalue weighted by Crippen LogP contribution is -1.97. The Balaban J connectivity index is 2.01. The zero-order valence-corrected chi connectivity index (χ0v) is 10.7. The Morgan fingerprint density at radius 3 is 2.58 bits per heavy atom. The minimum absolute atomic E-state index is 0.728. The minimum atomic E-state index is 0.728. The van der Waals surface area contributed by atoms with Gasteiger partial charge in [0.1, 0.15) is 0 Å². The molecule has 3 rings (SSSR count). The van der Waals surface area contributed by atoms with Gasteiger partial charge in [-0.15, -0.1) is 0 Å². The Morgan fingerprint density at radius 1 is 1.00 bits per heavy atom. The molecule has 0 aliphatic rings. The van der Waals surface area contributed by atoms with E-state index in [1.165, 1.54) is 5.56 Å². The summed E-state index contributed by atoms with van der Waals surface area (Å²) in [6.07, 6.45) is 1.77. The van der Waals surface area contributed by atoms with E-state index in [9.17, 15) is 0 Å². The molecule has 3 N–H and O–H groups in total. The lowest BCUT2D eigenvalue weighted by Gasteiger charge is -2.11. The van der Waals surface area contributed by atoms with Crippen molar-refractivity contribution in [3.8, 4) is 0 Å². The fraction of sp³-hybridized carbons (Fsp3) is 0.0625. The average Bonchev–Trinajstić information content (AvgIpc) is 2.45. The number of nitrogen functional groups attached to an aromatic ring is 1.